The molecule has 1 aliphatic rings. The number of hydrogen-bond acceptors (Lipinski definition) is 5. The predicted molar refractivity (Wildman–Crippen MR) is 70.3 cm³/mol. The first kappa shape index (κ1) is 12.2. The van der Waals surface area contributed by atoms with Gasteiger partial charge in [0.15, 0.2) is 5.82 Å². The summed E-state index contributed by atoms with van der Waals surface area (Å²) in [6, 6.07) is 0. The maximum atomic E-state index is 11.3. The largest absolute Gasteiger partial charge is 0.382 e. The lowest BCUT2D eigenvalue weighted by Gasteiger charge is -2.17. The van der Waals surface area contributed by atoms with Crippen LogP contribution in [-0.2, 0) is 0 Å². The zero-order chi connectivity index (χ0) is 12.4. The number of anilines is 2. The summed E-state index contributed by atoms with van der Waals surface area (Å²) in [6.07, 6.45) is 3.60. The van der Waals surface area contributed by atoms with Crippen LogP contribution in [0.4, 0.5) is 10.8 Å². The van der Waals surface area contributed by atoms with Gasteiger partial charge in [0.1, 0.15) is 10.6 Å². The Kier molecular flexibility index (Phi) is 3.51. The molecule has 0 radical (unpaired) electrons. The maximum Gasteiger partial charge on any atom is 0.255 e. The lowest BCUT2D eigenvalue weighted by molar-refractivity contribution is 0.100. The van der Waals surface area contributed by atoms with E-state index in [2.05, 4.69) is 16.2 Å². The molecule has 4 N–H and O–H groups in total. The van der Waals surface area contributed by atoms with Crippen LogP contribution in [0.1, 0.15) is 36.5 Å². The molecule has 1 atom stereocenters. The molecule has 2 rings (SSSR count). The van der Waals surface area contributed by atoms with Gasteiger partial charge in [0, 0.05) is 13.1 Å². The van der Waals surface area contributed by atoms with E-state index in [1.807, 2.05) is 0 Å². The van der Waals surface area contributed by atoms with Crippen molar-refractivity contribution in [2.24, 2.45) is 11.7 Å². The molecule has 0 bridgehead atoms. The Bertz CT molecular complexity index is 418. The van der Waals surface area contributed by atoms with Crippen molar-refractivity contribution in [2.45, 2.75) is 26.2 Å². The maximum absolute atomic E-state index is 11.3. The Morgan fingerprint density at radius 2 is 2.41 bits per heavy atom. The third-order valence-electron chi connectivity index (χ3n) is 3.22. The van der Waals surface area contributed by atoms with Gasteiger partial charge in [-0.3, -0.25) is 4.79 Å². The number of nitrogens with two attached hydrogens (primary N) is 2. The first-order valence-corrected chi connectivity index (χ1v) is 6.70. The minimum atomic E-state index is -0.481. The van der Waals surface area contributed by atoms with E-state index in [1.165, 1.54) is 30.8 Å². The SMILES string of the molecule is CCCC1CCN(c2snc(N)c2C(N)=O)C1. The number of nitrogen functional groups attached to an aromatic ring is 1. The normalized spacial score (nSPS) is 19.8. The minimum absolute atomic E-state index is 0.261. The second-order valence-electron chi connectivity index (χ2n) is 4.50. The predicted octanol–water partition coefficient (Wildman–Crippen LogP) is 1.45. The second kappa shape index (κ2) is 4.91. The Balaban J connectivity index is 2.16. The van der Waals surface area contributed by atoms with E-state index in [0.29, 0.717) is 11.5 Å². The molecule has 2 heterocycles. The monoisotopic (exact) mass is 254 g/mol. The molecule has 0 spiro atoms. The van der Waals surface area contributed by atoms with Crippen molar-refractivity contribution in [3.05, 3.63) is 5.56 Å². The van der Waals surface area contributed by atoms with Crippen LogP contribution in [-0.4, -0.2) is 23.4 Å². The summed E-state index contributed by atoms with van der Waals surface area (Å²) < 4.78 is 4.03. The van der Waals surface area contributed by atoms with Gasteiger partial charge in [-0.2, -0.15) is 4.37 Å². The second-order valence-corrected chi connectivity index (χ2v) is 5.25. The van der Waals surface area contributed by atoms with Gasteiger partial charge in [-0.25, -0.2) is 0 Å². The quantitative estimate of drug-likeness (QED) is 0.851. The van der Waals surface area contributed by atoms with E-state index >= 15 is 0 Å². The molecule has 1 saturated heterocycles. The molecular weight excluding hydrogens is 236 g/mol. The van der Waals surface area contributed by atoms with Crippen molar-refractivity contribution >= 4 is 28.3 Å². The number of primary amides is 1. The molecular formula is C11H18N4OS. The van der Waals surface area contributed by atoms with Gasteiger partial charge in [-0.05, 0) is 30.3 Å². The van der Waals surface area contributed by atoms with E-state index < -0.39 is 5.91 Å². The number of aromatic nitrogens is 1. The van der Waals surface area contributed by atoms with Gasteiger partial charge in [-0.15, -0.1) is 0 Å². The lowest BCUT2D eigenvalue weighted by atomic mass is 10.0. The van der Waals surface area contributed by atoms with Crippen molar-refractivity contribution in [1.82, 2.24) is 4.37 Å². The summed E-state index contributed by atoms with van der Waals surface area (Å²) in [5, 5.41) is 0.841. The van der Waals surface area contributed by atoms with Gasteiger partial charge in [-0.1, -0.05) is 13.3 Å². The van der Waals surface area contributed by atoms with Crippen LogP contribution < -0.4 is 16.4 Å². The Morgan fingerprint density at radius 3 is 3.06 bits per heavy atom. The molecule has 5 nitrogen and oxygen atoms in total. The zero-order valence-corrected chi connectivity index (χ0v) is 10.8. The van der Waals surface area contributed by atoms with Crippen molar-refractivity contribution in [3.63, 3.8) is 0 Å². The highest BCUT2D eigenvalue weighted by Gasteiger charge is 2.28. The first-order chi connectivity index (χ1) is 8.13. The van der Waals surface area contributed by atoms with Gasteiger partial charge < -0.3 is 16.4 Å². The standard InChI is InChI=1S/C11H18N4OS/c1-2-3-7-4-5-15(6-7)11-8(10(13)16)9(12)14-17-11/h7H,2-6H2,1H3,(H2,12,14)(H2,13,16). The summed E-state index contributed by atoms with van der Waals surface area (Å²) in [6.45, 7) is 4.14. The van der Waals surface area contributed by atoms with E-state index in [1.54, 1.807) is 0 Å². The van der Waals surface area contributed by atoms with Crippen molar-refractivity contribution in [3.8, 4) is 0 Å². The molecule has 1 amide bonds. The molecule has 0 saturated carbocycles. The van der Waals surface area contributed by atoms with Crippen molar-refractivity contribution in [1.29, 1.82) is 0 Å². The number of rotatable bonds is 4. The molecule has 1 aromatic rings. The molecule has 1 aliphatic heterocycles. The molecule has 1 fully saturated rings. The summed E-state index contributed by atoms with van der Waals surface area (Å²) in [5.74, 6) is 0.491. The third-order valence-corrected chi connectivity index (χ3v) is 4.14. The van der Waals surface area contributed by atoms with Crippen LogP contribution >= 0.6 is 11.5 Å². The van der Waals surface area contributed by atoms with Crippen LogP contribution in [0.15, 0.2) is 0 Å². The highest BCUT2D eigenvalue weighted by atomic mass is 32.1. The van der Waals surface area contributed by atoms with E-state index in [-0.39, 0.29) is 5.82 Å². The van der Waals surface area contributed by atoms with Gasteiger partial charge in [0.05, 0.1) is 0 Å². The van der Waals surface area contributed by atoms with Crippen molar-refractivity contribution in [2.75, 3.05) is 23.7 Å². The van der Waals surface area contributed by atoms with Crippen LogP contribution in [0.5, 0.6) is 0 Å². The number of hydrogen-bond donors (Lipinski definition) is 2. The van der Waals surface area contributed by atoms with E-state index in [9.17, 15) is 4.79 Å². The first-order valence-electron chi connectivity index (χ1n) is 5.93. The average molecular weight is 254 g/mol. The molecule has 17 heavy (non-hydrogen) atoms. The third kappa shape index (κ3) is 2.36. The van der Waals surface area contributed by atoms with Crippen LogP contribution in [0.3, 0.4) is 0 Å². The minimum Gasteiger partial charge on any atom is -0.382 e. The molecule has 0 aliphatic carbocycles. The van der Waals surface area contributed by atoms with Crippen LogP contribution in [0.25, 0.3) is 0 Å². The van der Waals surface area contributed by atoms with Gasteiger partial charge in [0.2, 0.25) is 0 Å². The van der Waals surface area contributed by atoms with Gasteiger partial charge in [0.25, 0.3) is 5.91 Å². The Labute approximate surface area is 105 Å². The fourth-order valence-electron chi connectivity index (χ4n) is 2.40. The molecule has 94 valence electrons. The van der Waals surface area contributed by atoms with Crippen LogP contribution in [0.2, 0.25) is 0 Å². The number of nitrogens with zero attached hydrogens (tertiary/aromatic N) is 2. The van der Waals surface area contributed by atoms with E-state index in [4.69, 9.17) is 11.5 Å². The molecule has 1 unspecified atom stereocenters. The van der Waals surface area contributed by atoms with Gasteiger partial charge >= 0.3 is 0 Å². The van der Waals surface area contributed by atoms with Crippen LogP contribution in [0, 0.1) is 5.92 Å². The lowest BCUT2D eigenvalue weighted by Crippen LogP contribution is -2.23. The smallest absolute Gasteiger partial charge is 0.255 e. The summed E-state index contributed by atoms with van der Waals surface area (Å²) in [5.41, 5.74) is 11.4. The van der Waals surface area contributed by atoms with Crippen molar-refractivity contribution < 1.29 is 4.79 Å². The zero-order valence-electron chi connectivity index (χ0n) is 9.98. The summed E-state index contributed by atoms with van der Waals surface area (Å²) in [4.78, 5) is 13.5. The topological polar surface area (TPSA) is 85.2 Å². The van der Waals surface area contributed by atoms with E-state index in [0.717, 1.165) is 18.1 Å². The Morgan fingerprint density at radius 1 is 1.65 bits per heavy atom. The molecule has 6 heteroatoms. The molecule has 0 aromatic carbocycles. The summed E-state index contributed by atoms with van der Waals surface area (Å²) >= 11 is 1.27. The summed E-state index contributed by atoms with van der Waals surface area (Å²) in [7, 11) is 0. The number of carbonyl (C=O) groups excluding carboxylic acids is 1. The fraction of sp³-hybridized carbons (Fsp3) is 0.636. The fourth-order valence-corrected chi connectivity index (χ4v) is 3.26. The Hall–Kier alpha value is -1.30. The number of amides is 1. The highest BCUT2D eigenvalue weighted by molar-refractivity contribution is 7.11. The highest BCUT2D eigenvalue weighted by Crippen LogP contribution is 2.34. The average Bonchev–Trinajstić information content (AvgIpc) is 2.84. The number of carbonyl (C=O) groups is 1. The molecule has 1 aromatic heterocycles.